The molecule has 0 aliphatic carbocycles. The molecule has 0 spiro atoms. The summed E-state index contributed by atoms with van der Waals surface area (Å²) in [5.74, 6) is 0.421. The van der Waals surface area contributed by atoms with E-state index in [1.54, 1.807) is 0 Å². The van der Waals surface area contributed by atoms with Gasteiger partial charge in [-0.2, -0.15) is 5.10 Å². The third-order valence-electron chi connectivity index (χ3n) is 5.57. The maximum atomic E-state index is 11.1. The zero-order valence-corrected chi connectivity index (χ0v) is 17.3. The van der Waals surface area contributed by atoms with E-state index in [9.17, 15) is 4.79 Å². The molecule has 160 valence electrons. The minimum absolute atomic E-state index is 0.0618. The average Bonchev–Trinajstić information content (AvgIpc) is 3.42. The van der Waals surface area contributed by atoms with Crippen molar-refractivity contribution in [3.05, 3.63) is 96.2 Å². The van der Waals surface area contributed by atoms with Crippen LogP contribution in [0.3, 0.4) is 0 Å². The number of carboxylic acid groups (broad SMARTS) is 1. The van der Waals surface area contributed by atoms with Gasteiger partial charge in [0.15, 0.2) is 0 Å². The van der Waals surface area contributed by atoms with Gasteiger partial charge in [0, 0.05) is 28.7 Å². The molecule has 1 unspecified atom stereocenters. The van der Waals surface area contributed by atoms with Crippen LogP contribution in [0.2, 0.25) is 0 Å². The van der Waals surface area contributed by atoms with Crippen molar-refractivity contribution < 1.29 is 19.4 Å². The topological polar surface area (TPSA) is 73.6 Å². The smallest absolute Gasteiger partial charge is 0.304 e. The first-order valence-corrected chi connectivity index (χ1v) is 10.5. The zero-order valence-electron chi connectivity index (χ0n) is 17.3. The third kappa shape index (κ3) is 3.95. The molecule has 3 aromatic carbocycles. The van der Waals surface area contributed by atoms with Crippen LogP contribution in [0.1, 0.15) is 23.5 Å². The van der Waals surface area contributed by atoms with Crippen molar-refractivity contribution in [1.82, 2.24) is 9.78 Å². The lowest BCUT2D eigenvalue weighted by atomic mass is 9.98. The first-order chi connectivity index (χ1) is 15.7. The highest BCUT2D eigenvalue weighted by molar-refractivity contribution is 5.69. The molecular formula is C26H22N2O4. The summed E-state index contributed by atoms with van der Waals surface area (Å²) in [7, 11) is 0. The van der Waals surface area contributed by atoms with Crippen LogP contribution in [0.15, 0.2) is 85.1 Å². The lowest BCUT2D eigenvalue weighted by Crippen LogP contribution is -2.07. The van der Waals surface area contributed by atoms with Gasteiger partial charge in [-0.1, -0.05) is 54.6 Å². The summed E-state index contributed by atoms with van der Waals surface area (Å²) in [6.45, 7) is 0.724. The van der Waals surface area contributed by atoms with Crippen LogP contribution >= 0.6 is 0 Å². The molecule has 4 aromatic rings. The van der Waals surface area contributed by atoms with Gasteiger partial charge in [-0.25, -0.2) is 4.68 Å². The maximum Gasteiger partial charge on any atom is 0.304 e. The molecule has 0 saturated heterocycles. The molecule has 0 saturated carbocycles. The van der Waals surface area contributed by atoms with Crippen molar-refractivity contribution in [3.63, 3.8) is 0 Å². The number of fused-ring (bicyclic) bond motifs is 1. The second kappa shape index (κ2) is 8.59. The Hall–Kier alpha value is -4.06. The standard InChI is InChI=1S/C26H22N2O4/c29-25(30)13-19-16-32-24-14-22(11-12-23(19)24)31-17-20-15-27-28(21-9-5-2-6-10-21)26(20)18-7-3-1-4-8-18/h1-12,14-15,19H,13,16-17H2,(H,29,30). The summed E-state index contributed by atoms with van der Waals surface area (Å²) < 4.78 is 13.7. The van der Waals surface area contributed by atoms with Crippen molar-refractivity contribution in [1.29, 1.82) is 0 Å². The summed E-state index contributed by atoms with van der Waals surface area (Å²) in [6, 6.07) is 25.7. The van der Waals surface area contributed by atoms with Crippen molar-refractivity contribution >= 4 is 5.97 Å². The van der Waals surface area contributed by atoms with Crippen molar-refractivity contribution in [3.8, 4) is 28.4 Å². The number of carbonyl (C=O) groups is 1. The molecule has 5 rings (SSSR count). The van der Waals surface area contributed by atoms with Crippen molar-refractivity contribution in [2.75, 3.05) is 6.61 Å². The number of para-hydroxylation sites is 1. The molecule has 2 heterocycles. The summed E-state index contributed by atoms with van der Waals surface area (Å²) >= 11 is 0. The Balaban J connectivity index is 1.41. The van der Waals surface area contributed by atoms with E-state index in [1.807, 2.05) is 77.6 Å². The number of benzene rings is 3. The normalized spacial score (nSPS) is 14.6. The molecular weight excluding hydrogens is 404 g/mol. The van der Waals surface area contributed by atoms with E-state index < -0.39 is 5.97 Å². The summed E-state index contributed by atoms with van der Waals surface area (Å²) in [5.41, 5.74) is 4.90. The number of aromatic nitrogens is 2. The molecule has 32 heavy (non-hydrogen) atoms. The number of rotatable bonds is 7. The van der Waals surface area contributed by atoms with E-state index >= 15 is 0 Å². The van der Waals surface area contributed by atoms with Gasteiger partial charge in [-0.15, -0.1) is 0 Å². The minimum atomic E-state index is -0.823. The predicted octanol–water partition coefficient (Wildman–Crippen LogP) is 5.07. The van der Waals surface area contributed by atoms with Gasteiger partial charge in [0.1, 0.15) is 18.1 Å². The summed E-state index contributed by atoms with van der Waals surface area (Å²) in [6.07, 6.45) is 1.90. The third-order valence-corrected chi connectivity index (χ3v) is 5.57. The molecule has 1 aliphatic rings. The Morgan fingerprint density at radius 1 is 1.06 bits per heavy atom. The maximum absolute atomic E-state index is 11.1. The number of carboxylic acids is 1. The summed E-state index contributed by atoms with van der Waals surface area (Å²) in [5, 5.41) is 13.7. The Kier molecular flexibility index (Phi) is 5.34. The molecule has 0 radical (unpaired) electrons. The van der Waals surface area contributed by atoms with Gasteiger partial charge in [0.2, 0.25) is 0 Å². The van der Waals surface area contributed by atoms with Crippen LogP contribution < -0.4 is 9.47 Å². The van der Waals surface area contributed by atoms with E-state index in [-0.39, 0.29) is 12.3 Å². The zero-order chi connectivity index (χ0) is 21.9. The second-order valence-corrected chi connectivity index (χ2v) is 7.73. The number of ether oxygens (including phenoxy) is 2. The Morgan fingerprint density at radius 2 is 1.81 bits per heavy atom. The largest absolute Gasteiger partial charge is 0.492 e. The SMILES string of the molecule is O=C(O)CC1COc2cc(OCc3cnn(-c4ccccc4)c3-c3ccccc3)ccc21. The molecule has 0 amide bonds. The molecule has 6 nitrogen and oxygen atoms in total. The highest BCUT2D eigenvalue weighted by Crippen LogP contribution is 2.38. The van der Waals surface area contributed by atoms with E-state index in [2.05, 4.69) is 17.2 Å². The molecule has 0 bridgehead atoms. The van der Waals surface area contributed by atoms with Crippen LogP contribution in [0.4, 0.5) is 0 Å². The fraction of sp³-hybridized carbons (Fsp3) is 0.154. The monoisotopic (exact) mass is 426 g/mol. The van der Waals surface area contributed by atoms with E-state index in [1.165, 1.54) is 0 Å². The Morgan fingerprint density at radius 3 is 2.56 bits per heavy atom. The van der Waals surface area contributed by atoms with Gasteiger partial charge in [-0.05, 0) is 18.2 Å². The molecule has 1 N–H and O–H groups in total. The van der Waals surface area contributed by atoms with Crippen LogP contribution in [-0.2, 0) is 11.4 Å². The predicted molar refractivity (Wildman–Crippen MR) is 120 cm³/mol. The molecule has 6 heteroatoms. The minimum Gasteiger partial charge on any atom is -0.492 e. The van der Waals surface area contributed by atoms with Crippen LogP contribution in [0, 0.1) is 0 Å². The quantitative estimate of drug-likeness (QED) is 0.447. The highest BCUT2D eigenvalue weighted by Gasteiger charge is 2.26. The van der Waals surface area contributed by atoms with Gasteiger partial charge in [0.25, 0.3) is 0 Å². The molecule has 1 atom stereocenters. The van der Waals surface area contributed by atoms with Crippen LogP contribution in [0.25, 0.3) is 16.9 Å². The van der Waals surface area contributed by atoms with Gasteiger partial charge < -0.3 is 14.6 Å². The number of hydrogen-bond donors (Lipinski definition) is 1. The fourth-order valence-electron chi connectivity index (χ4n) is 4.04. The highest BCUT2D eigenvalue weighted by atomic mass is 16.5. The number of hydrogen-bond acceptors (Lipinski definition) is 4. The fourth-order valence-corrected chi connectivity index (χ4v) is 4.04. The lowest BCUT2D eigenvalue weighted by Gasteiger charge is -2.12. The second-order valence-electron chi connectivity index (χ2n) is 7.73. The molecule has 0 fully saturated rings. The first kappa shape index (κ1) is 19.9. The number of aliphatic carboxylic acids is 1. The molecule has 1 aliphatic heterocycles. The van der Waals surface area contributed by atoms with E-state index in [0.717, 1.165) is 28.1 Å². The van der Waals surface area contributed by atoms with Crippen LogP contribution in [0.5, 0.6) is 11.5 Å². The molecule has 1 aromatic heterocycles. The number of nitrogens with zero attached hydrogens (tertiary/aromatic N) is 2. The first-order valence-electron chi connectivity index (χ1n) is 10.5. The summed E-state index contributed by atoms with van der Waals surface area (Å²) in [4.78, 5) is 11.1. The lowest BCUT2D eigenvalue weighted by molar-refractivity contribution is -0.137. The van der Waals surface area contributed by atoms with Crippen LogP contribution in [-0.4, -0.2) is 27.5 Å². The van der Waals surface area contributed by atoms with Crippen molar-refractivity contribution in [2.45, 2.75) is 18.9 Å². The van der Waals surface area contributed by atoms with Gasteiger partial charge in [0.05, 0.1) is 30.6 Å². The Bertz CT molecular complexity index is 1240. The van der Waals surface area contributed by atoms with E-state index in [4.69, 9.17) is 14.6 Å². The van der Waals surface area contributed by atoms with Crippen molar-refractivity contribution in [2.24, 2.45) is 0 Å². The average molecular weight is 426 g/mol. The Labute approximate surface area is 185 Å². The van der Waals surface area contributed by atoms with Gasteiger partial charge in [-0.3, -0.25) is 4.79 Å². The van der Waals surface area contributed by atoms with E-state index in [0.29, 0.717) is 24.7 Å². The van der Waals surface area contributed by atoms with Gasteiger partial charge >= 0.3 is 5.97 Å².